The van der Waals surface area contributed by atoms with Gasteiger partial charge in [-0.1, -0.05) is 12.1 Å². The van der Waals surface area contributed by atoms with Crippen LogP contribution in [0.5, 0.6) is 5.75 Å². The fourth-order valence-corrected chi connectivity index (χ4v) is 4.83. The Balaban J connectivity index is 1.22. The first-order chi connectivity index (χ1) is 16.9. The minimum atomic E-state index is -0.217. The third-order valence-corrected chi connectivity index (χ3v) is 6.74. The Labute approximate surface area is 207 Å². The first-order valence-corrected chi connectivity index (χ1v) is 12.6. The van der Waals surface area contributed by atoms with Crippen molar-refractivity contribution in [2.75, 3.05) is 52.5 Å². The Morgan fingerprint density at radius 3 is 2.46 bits per heavy atom. The van der Waals surface area contributed by atoms with E-state index in [9.17, 15) is 9.59 Å². The van der Waals surface area contributed by atoms with Crippen molar-refractivity contribution in [1.82, 2.24) is 24.5 Å². The summed E-state index contributed by atoms with van der Waals surface area (Å²) >= 11 is 0. The summed E-state index contributed by atoms with van der Waals surface area (Å²) < 4.78 is 12.8. The molecule has 9 heteroatoms. The highest BCUT2D eigenvalue weighted by Crippen LogP contribution is 2.21. The highest BCUT2D eigenvalue weighted by molar-refractivity contribution is 5.92. The molecule has 0 unspecified atom stereocenters. The van der Waals surface area contributed by atoms with Crippen molar-refractivity contribution < 1.29 is 19.1 Å². The van der Waals surface area contributed by atoms with Gasteiger partial charge in [0.2, 0.25) is 0 Å². The molecule has 1 aromatic heterocycles. The number of likely N-dealkylation sites (tertiary alicyclic amines) is 1. The molecule has 2 aliphatic rings. The number of aromatic nitrogens is 2. The quantitative estimate of drug-likeness (QED) is 0.603. The van der Waals surface area contributed by atoms with Crippen molar-refractivity contribution >= 4 is 12.0 Å². The van der Waals surface area contributed by atoms with Gasteiger partial charge in [-0.3, -0.25) is 14.4 Å². The Bertz CT molecular complexity index is 998. The van der Waals surface area contributed by atoms with Crippen LogP contribution in [-0.2, 0) is 18.3 Å². The van der Waals surface area contributed by atoms with E-state index in [0.29, 0.717) is 44.5 Å². The summed E-state index contributed by atoms with van der Waals surface area (Å²) in [5.41, 5.74) is 2.72. The molecule has 2 amide bonds. The van der Waals surface area contributed by atoms with Gasteiger partial charge >= 0.3 is 6.09 Å². The number of rotatable bonds is 7. The molecule has 0 bridgehead atoms. The number of hydrogen-bond acceptors (Lipinski definition) is 6. The van der Waals surface area contributed by atoms with Crippen molar-refractivity contribution in [3.63, 3.8) is 0 Å². The predicted molar refractivity (Wildman–Crippen MR) is 132 cm³/mol. The Morgan fingerprint density at radius 1 is 1.06 bits per heavy atom. The van der Waals surface area contributed by atoms with Gasteiger partial charge in [-0.15, -0.1) is 0 Å². The summed E-state index contributed by atoms with van der Waals surface area (Å²) in [6.45, 7) is 10.2. The number of amides is 2. The van der Waals surface area contributed by atoms with Gasteiger partial charge in [0.1, 0.15) is 11.4 Å². The average Bonchev–Trinajstić information content (AvgIpc) is 3.21. The summed E-state index contributed by atoms with van der Waals surface area (Å²) in [5, 5.41) is 4.30. The molecule has 35 heavy (non-hydrogen) atoms. The largest absolute Gasteiger partial charge is 0.493 e. The van der Waals surface area contributed by atoms with E-state index in [1.54, 1.807) is 9.58 Å². The number of nitrogens with zero attached hydrogens (tertiary/aromatic N) is 5. The maximum atomic E-state index is 12.9. The minimum Gasteiger partial charge on any atom is -0.493 e. The van der Waals surface area contributed by atoms with E-state index in [2.05, 4.69) is 22.1 Å². The summed E-state index contributed by atoms with van der Waals surface area (Å²) in [7, 11) is 1.82. The van der Waals surface area contributed by atoms with E-state index in [1.807, 2.05) is 44.0 Å². The second kappa shape index (κ2) is 11.6. The second-order valence-electron chi connectivity index (χ2n) is 9.47. The van der Waals surface area contributed by atoms with Crippen LogP contribution in [0.4, 0.5) is 4.79 Å². The number of piperazine rings is 1. The van der Waals surface area contributed by atoms with Crippen molar-refractivity contribution in [2.24, 2.45) is 13.0 Å². The molecule has 2 aliphatic heterocycles. The molecule has 4 rings (SSSR count). The molecule has 9 nitrogen and oxygen atoms in total. The molecule has 0 aliphatic carbocycles. The zero-order chi connectivity index (χ0) is 24.8. The molecule has 0 N–H and O–H groups in total. The van der Waals surface area contributed by atoms with E-state index in [1.165, 1.54) is 5.56 Å². The van der Waals surface area contributed by atoms with Crippen LogP contribution in [0, 0.1) is 12.8 Å². The van der Waals surface area contributed by atoms with Crippen LogP contribution >= 0.6 is 0 Å². The maximum Gasteiger partial charge on any atom is 0.409 e. The van der Waals surface area contributed by atoms with Gasteiger partial charge < -0.3 is 19.3 Å². The third kappa shape index (κ3) is 6.54. The lowest BCUT2D eigenvalue weighted by Gasteiger charge is -2.34. The molecule has 2 fully saturated rings. The first kappa shape index (κ1) is 25.0. The van der Waals surface area contributed by atoms with Gasteiger partial charge in [0.15, 0.2) is 0 Å². The number of carbonyl (C=O) groups is 2. The highest BCUT2D eigenvalue weighted by atomic mass is 16.6. The number of aryl methyl sites for hydroxylation is 2. The summed E-state index contributed by atoms with van der Waals surface area (Å²) in [4.78, 5) is 30.8. The van der Waals surface area contributed by atoms with Gasteiger partial charge in [0.05, 0.1) is 18.9 Å². The van der Waals surface area contributed by atoms with Crippen LogP contribution in [0.2, 0.25) is 0 Å². The maximum absolute atomic E-state index is 12.9. The van der Waals surface area contributed by atoms with Crippen LogP contribution in [0.25, 0.3) is 0 Å². The number of hydrogen-bond donors (Lipinski definition) is 0. The van der Waals surface area contributed by atoms with Crippen molar-refractivity contribution in [3.8, 4) is 5.75 Å². The van der Waals surface area contributed by atoms with Crippen LogP contribution in [0.1, 0.15) is 41.5 Å². The normalized spacial score (nSPS) is 19.0. The SMILES string of the molecule is CCOC(=O)N1CCN(Cc2ccc(OC[C@H]3CCCN(C(=O)c4cc(C)nn4C)C3)cc2)CC1. The van der Waals surface area contributed by atoms with Gasteiger partial charge in [0, 0.05) is 58.8 Å². The monoisotopic (exact) mass is 483 g/mol. The Morgan fingerprint density at radius 2 is 1.80 bits per heavy atom. The number of benzene rings is 1. The van der Waals surface area contributed by atoms with E-state index in [4.69, 9.17) is 9.47 Å². The molecular weight excluding hydrogens is 446 g/mol. The molecule has 1 atom stereocenters. The lowest BCUT2D eigenvalue weighted by atomic mass is 9.98. The lowest BCUT2D eigenvalue weighted by Crippen LogP contribution is -2.48. The average molecular weight is 484 g/mol. The van der Waals surface area contributed by atoms with Gasteiger partial charge in [0.25, 0.3) is 5.91 Å². The molecule has 2 saturated heterocycles. The third-order valence-electron chi connectivity index (χ3n) is 6.74. The van der Waals surface area contributed by atoms with Gasteiger partial charge in [-0.25, -0.2) is 4.79 Å². The van der Waals surface area contributed by atoms with E-state index < -0.39 is 0 Å². The summed E-state index contributed by atoms with van der Waals surface area (Å²) in [6.07, 6.45) is 1.83. The molecular formula is C26H37N5O4. The smallest absolute Gasteiger partial charge is 0.409 e. The van der Waals surface area contributed by atoms with Crippen LogP contribution in [0.15, 0.2) is 30.3 Å². The van der Waals surface area contributed by atoms with E-state index >= 15 is 0 Å². The fourth-order valence-electron chi connectivity index (χ4n) is 4.83. The van der Waals surface area contributed by atoms with Crippen molar-refractivity contribution in [2.45, 2.75) is 33.2 Å². The van der Waals surface area contributed by atoms with Crippen molar-refractivity contribution in [3.05, 3.63) is 47.3 Å². The molecule has 0 spiro atoms. The van der Waals surface area contributed by atoms with Gasteiger partial charge in [-0.2, -0.15) is 5.10 Å². The molecule has 0 radical (unpaired) electrons. The molecule has 1 aromatic carbocycles. The Kier molecular flexibility index (Phi) is 8.28. The fraction of sp³-hybridized carbons (Fsp3) is 0.577. The van der Waals surface area contributed by atoms with Crippen LogP contribution in [-0.4, -0.2) is 89.0 Å². The number of piperidine rings is 1. The molecule has 2 aromatic rings. The minimum absolute atomic E-state index is 0.0465. The Hall–Kier alpha value is -3.07. The summed E-state index contributed by atoms with van der Waals surface area (Å²) in [5.74, 6) is 1.22. The topological polar surface area (TPSA) is 80.1 Å². The zero-order valence-corrected chi connectivity index (χ0v) is 21.1. The lowest BCUT2D eigenvalue weighted by molar-refractivity contribution is 0.0622. The van der Waals surface area contributed by atoms with E-state index in [0.717, 1.165) is 50.5 Å². The van der Waals surface area contributed by atoms with Crippen LogP contribution < -0.4 is 4.74 Å². The standard InChI is InChI=1S/C26H37N5O4/c1-4-34-26(33)30-14-12-29(13-15-30)17-21-7-9-23(10-8-21)35-19-22-6-5-11-31(18-22)25(32)24-16-20(2)27-28(24)3/h7-10,16,22H,4-6,11-15,17-19H2,1-3H3/t22-/m0/s1. The summed E-state index contributed by atoms with van der Waals surface area (Å²) in [6, 6.07) is 10.1. The van der Waals surface area contributed by atoms with E-state index in [-0.39, 0.29) is 12.0 Å². The number of ether oxygens (including phenoxy) is 2. The van der Waals surface area contributed by atoms with Crippen LogP contribution in [0.3, 0.4) is 0 Å². The predicted octanol–water partition coefficient (Wildman–Crippen LogP) is 2.93. The molecule has 0 saturated carbocycles. The molecule has 190 valence electrons. The zero-order valence-electron chi connectivity index (χ0n) is 21.1. The number of carbonyl (C=O) groups excluding carboxylic acids is 2. The van der Waals surface area contributed by atoms with Crippen molar-refractivity contribution in [1.29, 1.82) is 0 Å². The second-order valence-corrected chi connectivity index (χ2v) is 9.47. The highest BCUT2D eigenvalue weighted by Gasteiger charge is 2.27. The first-order valence-electron chi connectivity index (χ1n) is 12.6. The van der Waals surface area contributed by atoms with Gasteiger partial charge in [-0.05, 0) is 50.5 Å². The molecule has 3 heterocycles.